The molecule has 0 aliphatic carbocycles. The number of anilines is 1. The summed E-state index contributed by atoms with van der Waals surface area (Å²) in [4.78, 5) is 22.7. The highest BCUT2D eigenvalue weighted by atomic mass is 32.2. The van der Waals surface area contributed by atoms with Crippen LogP contribution in [0.4, 0.5) is 10.5 Å². The third-order valence-corrected chi connectivity index (χ3v) is 5.88. The molecule has 2 aliphatic heterocycles. The lowest BCUT2D eigenvalue weighted by molar-refractivity contribution is -0.114. The van der Waals surface area contributed by atoms with Crippen molar-refractivity contribution in [2.24, 2.45) is 0 Å². The lowest BCUT2D eigenvalue weighted by Gasteiger charge is -2.18. The van der Waals surface area contributed by atoms with Crippen LogP contribution in [-0.2, 0) is 29.0 Å². The SMILES string of the molecule is CCNC(=O)O[C@@H]1CO[C@H]2[C@@H]1OC[C@@H]2NS(=O)(=O)c1ccc(NC(C)=O)cc1. The third kappa shape index (κ3) is 4.61. The number of amides is 2. The summed E-state index contributed by atoms with van der Waals surface area (Å²) in [7, 11) is -3.82. The fourth-order valence-corrected chi connectivity index (χ4v) is 4.41. The first-order valence-electron chi connectivity index (χ1n) is 8.88. The Bertz CT molecular complexity index is 828. The Morgan fingerprint density at radius 3 is 2.46 bits per heavy atom. The van der Waals surface area contributed by atoms with Gasteiger partial charge in [0.15, 0.2) is 6.10 Å². The molecule has 0 aromatic heterocycles. The van der Waals surface area contributed by atoms with E-state index in [1.807, 2.05) is 0 Å². The number of hydrogen-bond acceptors (Lipinski definition) is 7. The van der Waals surface area contributed by atoms with E-state index in [2.05, 4.69) is 15.4 Å². The molecule has 0 spiro atoms. The van der Waals surface area contributed by atoms with Crippen molar-refractivity contribution in [1.29, 1.82) is 0 Å². The highest BCUT2D eigenvalue weighted by Gasteiger charge is 2.50. The number of rotatable bonds is 6. The molecule has 0 saturated carbocycles. The van der Waals surface area contributed by atoms with Crippen LogP contribution >= 0.6 is 0 Å². The first-order valence-corrected chi connectivity index (χ1v) is 10.4. The lowest BCUT2D eigenvalue weighted by Crippen LogP contribution is -2.44. The molecule has 2 heterocycles. The van der Waals surface area contributed by atoms with Gasteiger partial charge in [-0.25, -0.2) is 17.9 Å². The van der Waals surface area contributed by atoms with Crippen molar-refractivity contribution in [3.8, 4) is 0 Å². The molecular formula is C17H23N3O7S. The molecular weight excluding hydrogens is 390 g/mol. The molecule has 2 amide bonds. The largest absolute Gasteiger partial charge is 0.441 e. The monoisotopic (exact) mass is 413 g/mol. The zero-order chi connectivity index (χ0) is 20.3. The van der Waals surface area contributed by atoms with Gasteiger partial charge in [0.05, 0.1) is 24.2 Å². The number of hydrogen-bond donors (Lipinski definition) is 3. The van der Waals surface area contributed by atoms with E-state index < -0.39 is 40.5 Å². The Hall–Kier alpha value is -2.21. The van der Waals surface area contributed by atoms with Crippen molar-refractivity contribution >= 4 is 27.7 Å². The Morgan fingerprint density at radius 2 is 1.82 bits per heavy atom. The van der Waals surface area contributed by atoms with E-state index in [0.29, 0.717) is 12.2 Å². The summed E-state index contributed by atoms with van der Waals surface area (Å²) in [5, 5.41) is 5.10. The Morgan fingerprint density at radius 1 is 1.14 bits per heavy atom. The van der Waals surface area contributed by atoms with Crippen molar-refractivity contribution in [3.05, 3.63) is 24.3 Å². The predicted molar refractivity (Wildman–Crippen MR) is 98.3 cm³/mol. The minimum atomic E-state index is -3.82. The molecule has 154 valence electrons. The molecule has 1 aromatic carbocycles. The van der Waals surface area contributed by atoms with Crippen LogP contribution in [0.25, 0.3) is 0 Å². The fraction of sp³-hybridized carbons (Fsp3) is 0.529. The quantitative estimate of drug-likeness (QED) is 0.607. The van der Waals surface area contributed by atoms with Gasteiger partial charge in [-0.3, -0.25) is 4.79 Å². The van der Waals surface area contributed by atoms with Gasteiger partial charge < -0.3 is 24.8 Å². The van der Waals surface area contributed by atoms with Gasteiger partial charge in [-0.2, -0.15) is 0 Å². The molecule has 10 nitrogen and oxygen atoms in total. The molecule has 0 bridgehead atoms. The number of carbonyl (C=O) groups is 2. The van der Waals surface area contributed by atoms with Crippen molar-refractivity contribution in [2.45, 2.75) is 43.1 Å². The number of ether oxygens (including phenoxy) is 3. The summed E-state index contributed by atoms with van der Waals surface area (Å²) in [5.41, 5.74) is 0.500. The molecule has 0 radical (unpaired) electrons. The number of sulfonamides is 1. The maximum atomic E-state index is 12.6. The normalized spacial score (nSPS) is 26.5. The van der Waals surface area contributed by atoms with Gasteiger partial charge in [-0.05, 0) is 31.2 Å². The van der Waals surface area contributed by atoms with Crippen LogP contribution in [0.5, 0.6) is 0 Å². The average Bonchev–Trinajstić information content (AvgIpc) is 3.19. The molecule has 4 atom stereocenters. The van der Waals surface area contributed by atoms with E-state index in [9.17, 15) is 18.0 Å². The second kappa shape index (κ2) is 8.43. The molecule has 2 fully saturated rings. The van der Waals surface area contributed by atoms with Crippen LogP contribution in [0.2, 0.25) is 0 Å². The summed E-state index contributed by atoms with van der Waals surface area (Å²) in [6.07, 6.45) is -2.24. The van der Waals surface area contributed by atoms with Crippen LogP contribution in [0.15, 0.2) is 29.2 Å². The molecule has 28 heavy (non-hydrogen) atoms. The Labute approximate surface area is 163 Å². The Kier molecular flexibility index (Phi) is 6.18. The highest BCUT2D eigenvalue weighted by Crippen LogP contribution is 2.30. The number of carbonyl (C=O) groups excluding carboxylic acids is 2. The maximum Gasteiger partial charge on any atom is 0.407 e. The predicted octanol–water partition coefficient (Wildman–Crippen LogP) is 0.204. The zero-order valence-electron chi connectivity index (χ0n) is 15.5. The molecule has 2 saturated heterocycles. The van der Waals surface area contributed by atoms with E-state index in [1.165, 1.54) is 31.2 Å². The van der Waals surface area contributed by atoms with Gasteiger partial charge in [-0.1, -0.05) is 0 Å². The van der Waals surface area contributed by atoms with E-state index in [1.54, 1.807) is 6.92 Å². The number of fused-ring (bicyclic) bond motifs is 1. The molecule has 3 rings (SSSR count). The van der Waals surface area contributed by atoms with E-state index in [-0.39, 0.29) is 24.0 Å². The second-order valence-corrected chi connectivity index (χ2v) is 8.22. The van der Waals surface area contributed by atoms with Gasteiger partial charge in [0.25, 0.3) is 0 Å². The minimum absolute atomic E-state index is 0.0539. The highest BCUT2D eigenvalue weighted by molar-refractivity contribution is 7.89. The second-order valence-electron chi connectivity index (χ2n) is 6.50. The van der Waals surface area contributed by atoms with Gasteiger partial charge in [-0.15, -0.1) is 0 Å². The first-order chi connectivity index (χ1) is 13.3. The molecule has 11 heteroatoms. The number of alkyl carbamates (subject to hydrolysis) is 1. The van der Waals surface area contributed by atoms with Gasteiger partial charge in [0, 0.05) is 19.2 Å². The van der Waals surface area contributed by atoms with Crippen LogP contribution < -0.4 is 15.4 Å². The third-order valence-electron chi connectivity index (χ3n) is 4.38. The van der Waals surface area contributed by atoms with Crippen LogP contribution in [0, 0.1) is 0 Å². The molecule has 1 aromatic rings. The van der Waals surface area contributed by atoms with Crippen molar-refractivity contribution in [2.75, 3.05) is 25.1 Å². The van der Waals surface area contributed by atoms with E-state index >= 15 is 0 Å². The van der Waals surface area contributed by atoms with E-state index in [4.69, 9.17) is 14.2 Å². The van der Waals surface area contributed by atoms with E-state index in [0.717, 1.165) is 0 Å². The van der Waals surface area contributed by atoms with Crippen LogP contribution in [-0.4, -0.2) is 64.5 Å². The van der Waals surface area contributed by atoms with Crippen molar-refractivity contribution in [3.63, 3.8) is 0 Å². The van der Waals surface area contributed by atoms with Gasteiger partial charge in [0.2, 0.25) is 15.9 Å². The topological polar surface area (TPSA) is 132 Å². The summed E-state index contributed by atoms with van der Waals surface area (Å²) < 4.78 is 44.4. The van der Waals surface area contributed by atoms with Crippen molar-refractivity contribution in [1.82, 2.24) is 10.0 Å². The lowest BCUT2D eigenvalue weighted by atomic mass is 10.1. The first kappa shape index (κ1) is 20.5. The fourth-order valence-electron chi connectivity index (χ4n) is 3.18. The van der Waals surface area contributed by atoms with Crippen LogP contribution in [0.3, 0.4) is 0 Å². The van der Waals surface area contributed by atoms with Crippen molar-refractivity contribution < 1.29 is 32.2 Å². The minimum Gasteiger partial charge on any atom is -0.441 e. The average molecular weight is 413 g/mol. The van der Waals surface area contributed by atoms with Gasteiger partial charge >= 0.3 is 6.09 Å². The summed E-state index contributed by atoms with van der Waals surface area (Å²) >= 11 is 0. The summed E-state index contributed by atoms with van der Waals surface area (Å²) in [5.74, 6) is -0.245. The summed E-state index contributed by atoms with van der Waals surface area (Å²) in [6, 6.07) is 5.21. The molecule has 0 unspecified atom stereocenters. The smallest absolute Gasteiger partial charge is 0.407 e. The zero-order valence-corrected chi connectivity index (χ0v) is 16.3. The maximum absolute atomic E-state index is 12.6. The molecule has 3 N–H and O–H groups in total. The number of benzene rings is 1. The summed E-state index contributed by atoms with van der Waals surface area (Å²) in [6.45, 7) is 3.82. The molecule has 2 aliphatic rings. The number of nitrogens with one attached hydrogen (secondary N) is 3. The van der Waals surface area contributed by atoms with Gasteiger partial charge in [0.1, 0.15) is 12.2 Å². The Balaban J connectivity index is 1.62. The standard InChI is InChI=1S/C17H23N3O7S/c1-3-18-17(22)27-14-9-26-15-13(8-25-16(14)15)20-28(23,24)12-6-4-11(5-7-12)19-10(2)21/h4-7,13-16,20H,3,8-9H2,1-2H3,(H,18,22)(H,19,21)/t13-,14+,15+,16+/m0/s1. The van der Waals surface area contributed by atoms with Crippen LogP contribution in [0.1, 0.15) is 13.8 Å².